The Morgan fingerprint density at radius 1 is 1.00 bits per heavy atom. The number of carbonyl (C=O) groups excluding carboxylic acids is 1. The van der Waals surface area contributed by atoms with Gasteiger partial charge in [0, 0.05) is 13.1 Å². The van der Waals surface area contributed by atoms with Crippen molar-refractivity contribution in [3.63, 3.8) is 0 Å². The third-order valence-corrected chi connectivity index (χ3v) is 4.84. The molecule has 2 aliphatic heterocycles. The summed E-state index contributed by atoms with van der Waals surface area (Å²) in [6.45, 7) is 3.77. The summed E-state index contributed by atoms with van der Waals surface area (Å²) in [5.41, 5.74) is 0.918. The largest absolute Gasteiger partial charge is 0.342 e. The zero-order chi connectivity index (χ0) is 13.8. The van der Waals surface area contributed by atoms with Crippen LogP contribution in [0.5, 0.6) is 0 Å². The molecule has 21 heavy (non-hydrogen) atoms. The van der Waals surface area contributed by atoms with E-state index in [1.807, 2.05) is 6.07 Å². The number of hydrogen-bond donors (Lipinski definition) is 1. The zero-order valence-electron chi connectivity index (χ0n) is 12.5. The SMILES string of the molecule is Cl.O=C(N1CCCCC1)C1(c2ccccc2)CCNCC1. The van der Waals surface area contributed by atoms with E-state index >= 15 is 0 Å². The molecule has 1 aromatic rings. The van der Waals surface area contributed by atoms with Gasteiger partial charge in [0.1, 0.15) is 0 Å². The molecule has 1 N–H and O–H groups in total. The van der Waals surface area contributed by atoms with Gasteiger partial charge in [-0.3, -0.25) is 4.79 Å². The monoisotopic (exact) mass is 308 g/mol. The molecule has 0 unspecified atom stereocenters. The number of halogens is 1. The number of hydrogen-bond acceptors (Lipinski definition) is 2. The fraction of sp³-hybridized carbons (Fsp3) is 0.588. The summed E-state index contributed by atoms with van der Waals surface area (Å²) in [6.07, 6.45) is 5.44. The molecule has 4 heteroatoms. The van der Waals surface area contributed by atoms with Crippen LogP contribution in [-0.4, -0.2) is 37.0 Å². The first-order valence-corrected chi connectivity index (χ1v) is 7.89. The van der Waals surface area contributed by atoms with Crippen molar-refractivity contribution in [2.45, 2.75) is 37.5 Å². The Hall–Kier alpha value is -1.06. The predicted molar refractivity (Wildman–Crippen MR) is 87.9 cm³/mol. The van der Waals surface area contributed by atoms with Gasteiger partial charge in [0.2, 0.25) is 5.91 Å². The average Bonchev–Trinajstić information content (AvgIpc) is 2.56. The van der Waals surface area contributed by atoms with Crippen molar-refractivity contribution in [3.8, 4) is 0 Å². The molecule has 0 aromatic heterocycles. The van der Waals surface area contributed by atoms with Gasteiger partial charge in [0.05, 0.1) is 5.41 Å². The molecule has 2 aliphatic rings. The molecule has 1 amide bonds. The number of piperidine rings is 2. The Kier molecular flexibility index (Phi) is 5.65. The summed E-state index contributed by atoms with van der Waals surface area (Å²) >= 11 is 0. The van der Waals surface area contributed by atoms with Gasteiger partial charge in [-0.05, 0) is 50.8 Å². The molecule has 3 rings (SSSR count). The maximum atomic E-state index is 13.2. The highest BCUT2D eigenvalue weighted by atomic mass is 35.5. The quantitative estimate of drug-likeness (QED) is 0.911. The second kappa shape index (κ2) is 7.28. The predicted octanol–water partition coefficient (Wildman–Crippen LogP) is 2.74. The van der Waals surface area contributed by atoms with Crippen LogP contribution in [-0.2, 0) is 10.2 Å². The third-order valence-electron chi connectivity index (χ3n) is 4.84. The van der Waals surface area contributed by atoms with Crippen molar-refractivity contribution in [1.82, 2.24) is 10.2 Å². The van der Waals surface area contributed by atoms with E-state index < -0.39 is 0 Å². The molecule has 0 atom stereocenters. The molecule has 1 aromatic carbocycles. The summed E-state index contributed by atoms with van der Waals surface area (Å²) in [5, 5.41) is 3.40. The molecule has 0 spiro atoms. The van der Waals surface area contributed by atoms with Gasteiger partial charge in [-0.25, -0.2) is 0 Å². The Labute approximate surface area is 133 Å². The lowest BCUT2D eigenvalue weighted by atomic mass is 9.72. The number of carbonyl (C=O) groups is 1. The van der Waals surface area contributed by atoms with Crippen molar-refractivity contribution in [3.05, 3.63) is 35.9 Å². The number of nitrogens with zero attached hydrogens (tertiary/aromatic N) is 1. The Bertz CT molecular complexity index is 451. The highest BCUT2D eigenvalue weighted by molar-refractivity contribution is 5.88. The second-order valence-electron chi connectivity index (χ2n) is 6.05. The maximum Gasteiger partial charge on any atom is 0.233 e. The molecular formula is C17H25ClN2O. The van der Waals surface area contributed by atoms with E-state index in [-0.39, 0.29) is 17.8 Å². The second-order valence-corrected chi connectivity index (χ2v) is 6.05. The molecule has 0 bridgehead atoms. The summed E-state index contributed by atoms with van der Waals surface area (Å²) in [4.78, 5) is 15.3. The fourth-order valence-electron chi connectivity index (χ4n) is 3.64. The Morgan fingerprint density at radius 2 is 1.62 bits per heavy atom. The van der Waals surface area contributed by atoms with E-state index in [9.17, 15) is 4.79 Å². The van der Waals surface area contributed by atoms with Crippen LogP contribution in [0.4, 0.5) is 0 Å². The highest BCUT2D eigenvalue weighted by Crippen LogP contribution is 2.36. The van der Waals surface area contributed by atoms with Crippen LogP contribution >= 0.6 is 12.4 Å². The molecule has 0 saturated carbocycles. The molecule has 2 fully saturated rings. The van der Waals surface area contributed by atoms with Gasteiger partial charge in [-0.15, -0.1) is 12.4 Å². The van der Waals surface area contributed by atoms with Crippen molar-refractivity contribution in [1.29, 1.82) is 0 Å². The number of benzene rings is 1. The zero-order valence-corrected chi connectivity index (χ0v) is 13.3. The van der Waals surface area contributed by atoms with Crippen molar-refractivity contribution >= 4 is 18.3 Å². The summed E-state index contributed by atoms with van der Waals surface area (Å²) in [6, 6.07) is 10.4. The number of amides is 1. The van der Waals surface area contributed by atoms with Crippen molar-refractivity contribution in [2.24, 2.45) is 0 Å². The minimum atomic E-state index is -0.288. The van der Waals surface area contributed by atoms with Crippen LogP contribution in [0.3, 0.4) is 0 Å². The van der Waals surface area contributed by atoms with E-state index in [0.29, 0.717) is 5.91 Å². The minimum absolute atomic E-state index is 0. The van der Waals surface area contributed by atoms with Crippen LogP contribution < -0.4 is 5.32 Å². The number of likely N-dealkylation sites (tertiary alicyclic amines) is 1. The minimum Gasteiger partial charge on any atom is -0.342 e. The normalized spacial score (nSPS) is 21.4. The van der Waals surface area contributed by atoms with Gasteiger partial charge in [0.15, 0.2) is 0 Å². The number of rotatable bonds is 2. The first-order chi connectivity index (χ1) is 9.83. The maximum absolute atomic E-state index is 13.2. The fourth-order valence-corrected chi connectivity index (χ4v) is 3.64. The lowest BCUT2D eigenvalue weighted by molar-refractivity contribution is -0.139. The summed E-state index contributed by atoms with van der Waals surface area (Å²) in [5.74, 6) is 0.366. The van der Waals surface area contributed by atoms with Gasteiger partial charge in [-0.1, -0.05) is 30.3 Å². The van der Waals surface area contributed by atoms with Crippen LogP contribution in [0.2, 0.25) is 0 Å². The van der Waals surface area contributed by atoms with Gasteiger partial charge in [0.25, 0.3) is 0 Å². The molecule has 2 saturated heterocycles. The van der Waals surface area contributed by atoms with Crippen LogP contribution in [0.25, 0.3) is 0 Å². The molecule has 2 heterocycles. The van der Waals surface area contributed by atoms with Gasteiger partial charge in [-0.2, -0.15) is 0 Å². The lowest BCUT2D eigenvalue weighted by Gasteiger charge is -2.41. The van der Waals surface area contributed by atoms with Crippen LogP contribution in [0.1, 0.15) is 37.7 Å². The van der Waals surface area contributed by atoms with Gasteiger partial charge < -0.3 is 10.2 Å². The van der Waals surface area contributed by atoms with E-state index in [1.54, 1.807) is 0 Å². The van der Waals surface area contributed by atoms with Crippen molar-refractivity contribution in [2.75, 3.05) is 26.2 Å². The topological polar surface area (TPSA) is 32.3 Å². The number of nitrogens with one attached hydrogen (secondary N) is 1. The van der Waals surface area contributed by atoms with Gasteiger partial charge >= 0.3 is 0 Å². The highest BCUT2D eigenvalue weighted by Gasteiger charge is 2.43. The standard InChI is InChI=1S/C17H24N2O.ClH/c20-16(19-13-5-2-6-14-19)17(9-11-18-12-10-17)15-7-3-1-4-8-15;/h1,3-4,7-8,18H,2,5-6,9-14H2;1H. The molecule has 116 valence electrons. The van der Waals surface area contributed by atoms with Crippen LogP contribution in [0.15, 0.2) is 30.3 Å². The molecular weight excluding hydrogens is 284 g/mol. The third kappa shape index (κ3) is 3.24. The smallest absolute Gasteiger partial charge is 0.233 e. The molecule has 0 radical (unpaired) electrons. The van der Waals surface area contributed by atoms with E-state index in [2.05, 4.69) is 34.5 Å². The average molecular weight is 309 g/mol. The van der Waals surface area contributed by atoms with E-state index in [0.717, 1.165) is 51.9 Å². The Morgan fingerprint density at radius 3 is 2.24 bits per heavy atom. The lowest BCUT2D eigenvalue weighted by Crippen LogP contribution is -2.53. The Balaban J connectivity index is 0.00000161. The summed E-state index contributed by atoms with van der Waals surface area (Å²) < 4.78 is 0. The van der Waals surface area contributed by atoms with E-state index in [4.69, 9.17) is 0 Å². The summed E-state index contributed by atoms with van der Waals surface area (Å²) in [7, 11) is 0. The molecule has 3 nitrogen and oxygen atoms in total. The first kappa shape index (κ1) is 16.3. The first-order valence-electron chi connectivity index (χ1n) is 7.89. The van der Waals surface area contributed by atoms with E-state index in [1.165, 1.54) is 12.0 Å². The van der Waals surface area contributed by atoms with Crippen molar-refractivity contribution < 1.29 is 4.79 Å². The van der Waals surface area contributed by atoms with Crippen LogP contribution in [0, 0.1) is 0 Å². The molecule has 0 aliphatic carbocycles.